The maximum absolute atomic E-state index is 9.86. The average molecular weight is 222 g/mol. The molecule has 0 bridgehead atoms. The number of aliphatic hydroxyl groups excluding tert-OH is 1. The quantitative estimate of drug-likeness (QED) is 0.392. The summed E-state index contributed by atoms with van der Waals surface area (Å²) in [6, 6.07) is -1.84. The van der Waals surface area contributed by atoms with Crippen molar-refractivity contribution in [1.29, 1.82) is 0 Å². The van der Waals surface area contributed by atoms with Crippen molar-refractivity contribution in [3.8, 4) is 0 Å². The lowest BCUT2D eigenvalue weighted by Crippen LogP contribution is -2.39. The molecule has 0 unspecified atom stereocenters. The van der Waals surface area contributed by atoms with Crippen molar-refractivity contribution in [3.05, 3.63) is 0 Å². The largest absolute Gasteiger partial charge is 0.480 e. The van der Waals surface area contributed by atoms with E-state index in [-0.39, 0.29) is 0 Å². The Morgan fingerprint density at radius 2 is 1.60 bits per heavy atom. The van der Waals surface area contributed by atoms with Gasteiger partial charge in [-0.05, 0) is 13.3 Å². The third kappa shape index (κ3) is 9.13. The Hall–Kier alpha value is -1.18. The fourth-order valence-corrected chi connectivity index (χ4v) is 0.381. The molecular weight excluding hydrogens is 204 g/mol. The predicted molar refractivity (Wildman–Crippen MR) is 53.2 cm³/mol. The van der Waals surface area contributed by atoms with Gasteiger partial charge in [0.15, 0.2) is 0 Å². The first kappa shape index (κ1) is 16.3. The number of rotatable bonds is 4. The highest BCUT2D eigenvalue weighted by Crippen LogP contribution is 1.85. The zero-order valence-corrected chi connectivity index (χ0v) is 8.75. The zero-order valence-electron chi connectivity index (χ0n) is 8.75. The summed E-state index contributed by atoms with van der Waals surface area (Å²) in [7, 11) is 0. The smallest absolute Gasteiger partial charge is 0.323 e. The van der Waals surface area contributed by atoms with Crippen LogP contribution in [0.4, 0.5) is 0 Å². The molecule has 7 heteroatoms. The maximum atomic E-state index is 9.86. The second-order valence-corrected chi connectivity index (χ2v) is 2.96. The SMILES string of the molecule is CC[C@H](N)C(=O)O.C[C@@H](O)[C@H](N)C(=O)O. The van der Waals surface area contributed by atoms with E-state index in [1.165, 1.54) is 6.92 Å². The predicted octanol–water partition coefficient (Wildman–Crippen LogP) is -1.41. The zero-order chi connectivity index (χ0) is 12.6. The van der Waals surface area contributed by atoms with Crippen LogP contribution in [0.25, 0.3) is 0 Å². The van der Waals surface area contributed by atoms with Crippen molar-refractivity contribution in [3.63, 3.8) is 0 Å². The minimum atomic E-state index is -1.18. The molecule has 0 spiro atoms. The second-order valence-electron chi connectivity index (χ2n) is 2.96. The Kier molecular flexibility index (Phi) is 8.84. The molecule has 0 rings (SSSR count). The molecule has 0 saturated carbocycles. The van der Waals surface area contributed by atoms with Gasteiger partial charge in [0, 0.05) is 0 Å². The van der Waals surface area contributed by atoms with Crippen molar-refractivity contribution in [2.24, 2.45) is 11.5 Å². The summed E-state index contributed by atoms with van der Waals surface area (Å²) < 4.78 is 0. The van der Waals surface area contributed by atoms with Crippen molar-refractivity contribution < 1.29 is 24.9 Å². The first-order valence-electron chi connectivity index (χ1n) is 4.38. The number of aliphatic carboxylic acids is 2. The number of aliphatic hydroxyl groups is 1. The molecule has 15 heavy (non-hydrogen) atoms. The molecule has 0 fully saturated rings. The van der Waals surface area contributed by atoms with E-state index in [0.29, 0.717) is 6.42 Å². The highest BCUT2D eigenvalue weighted by molar-refractivity contribution is 5.73. The van der Waals surface area contributed by atoms with E-state index in [9.17, 15) is 9.59 Å². The topological polar surface area (TPSA) is 147 Å². The molecule has 0 amide bonds. The van der Waals surface area contributed by atoms with E-state index >= 15 is 0 Å². The highest BCUT2D eigenvalue weighted by Gasteiger charge is 2.16. The lowest BCUT2D eigenvalue weighted by Gasteiger charge is -2.06. The van der Waals surface area contributed by atoms with Crippen LogP contribution in [-0.2, 0) is 9.59 Å². The lowest BCUT2D eigenvalue weighted by molar-refractivity contribution is -0.141. The summed E-state index contributed by atoms with van der Waals surface area (Å²) in [4.78, 5) is 19.7. The third-order valence-electron chi connectivity index (χ3n) is 1.56. The maximum Gasteiger partial charge on any atom is 0.323 e. The third-order valence-corrected chi connectivity index (χ3v) is 1.56. The molecule has 0 aromatic heterocycles. The molecule has 0 radical (unpaired) electrons. The van der Waals surface area contributed by atoms with Gasteiger partial charge in [-0.2, -0.15) is 0 Å². The Morgan fingerprint density at radius 1 is 1.20 bits per heavy atom. The van der Waals surface area contributed by atoms with Crippen LogP contribution >= 0.6 is 0 Å². The van der Waals surface area contributed by atoms with Crippen LogP contribution in [0.1, 0.15) is 20.3 Å². The molecule has 90 valence electrons. The number of carboxylic acids is 2. The van der Waals surface area contributed by atoms with Crippen LogP contribution in [0.3, 0.4) is 0 Å². The van der Waals surface area contributed by atoms with Crippen LogP contribution in [-0.4, -0.2) is 45.4 Å². The van der Waals surface area contributed by atoms with E-state index in [4.69, 9.17) is 26.8 Å². The van der Waals surface area contributed by atoms with Gasteiger partial charge in [0.2, 0.25) is 0 Å². The van der Waals surface area contributed by atoms with Gasteiger partial charge in [0.1, 0.15) is 12.1 Å². The number of carboxylic acid groups (broad SMARTS) is 2. The molecule has 0 aliphatic rings. The molecule has 0 aliphatic carbocycles. The number of hydrogen-bond acceptors (Lipinski definition) is 5. The van der Waals surface area contributed by atoms with Crippen molar-refractivity contribution in [2.75, 3.05) is 0 Å². The van der Waals surface area contributed by atoms with Crippen molar-refractivity contribution in [1.82, 2.24) is 0 Å². The van der Waals surface area contributed by atoms with E-state index in [0.717, 1.165) is 0 Å². The minimum absolute atomic E-state index is 0.495. The molecule has 3 atom stereocenters. The van der Waals surface area contributed by atoms with Crippen molar-refractivity contribution in [2.45, 2.75) is 38.5 Å². The molecule has 0 aromatic rings. The van der Waals surface area contributed by atoms with Gasteiger partial charge in [0.05, 0.1) is 6.10 Å². The summed E-state index contributed by atoms with van der Waals surface area (Å²) in [6.45, 7) is 3.07. The van der Waals surface area contributed by atoms with Gasteiger partial charge >= 0.3 is 11.9 Å². The van der Waals surface area contributed by atoms with E-state index in [1.807, 2.05) is 0 Å². The molecule has 0 aliphatic heterocycles. The number of carbonyl (C=O) groups is 2. The van der Waals surface area contributed by atoms with Gasteiger partial charge in [-0.15, -0.1) is 0 Å². The standard InChI is InChI=1S/C4H9NO3.C4H9NO2/c1-2(6)3(5)4(7)8;1-2-3(5)4(6)7/h2-3,6H,5H2,1H3,(H,7,8);3H,2,5H2,1H3,(H,6,7)/t2-,3+;3-/m10/s1. The van der Waals surface area contributed by atoms with E-state index < -0.39 is 30.1 Å². The fraction of sp³-hybridized carbons (Fsp3) is 0.750. The van der Waals surface area contributed by atoms with Crippen LogP contribution in [0.2, 0.25) is 0 Å². The van der Waals surface area contributed by atoms with Gasteiger partial charge in [-0.25, -0.2) is 0 Å². The van der Waals surface area contributed by atoms with Crippen LogP contribution in [0, 0.1) is 0 Å². The summed E-state index contributed by atoms with van der Waals surface area (Å²) in [5.41, 5.74) is 9.93. The van der Waals surface area contributed by atoms with Crippen LogP contribution in [0.15, 0.2) is 0 Å². The second kappa shape index (κ2) is 8.16. The minimum Gasteiger partial charge on any atom is -0.480 e. The Balaban J connectivity index is 0. The summed E-state index contributed by atoms with van der Waals surface area (Å²) in [6.07, 6.45) is -0.484. The van der Waals surface area contributed by atoms with E-state index in [2.05, 4.69) is 0 Å². The fourth-order valence-electron chi connectivity index (χ4n) is 0.381. The Bertz CT molecular complexity index is 207. The van der Waals surface area contributed by atoms with Gasteiger partial charge in [0.25, 0.3) is 0 Å². The molecule has 0 aromatic carbocycles. The van der Waals surface area contributed by atoms with Crippen molar-refractivity contribution >= 4 is 11.9 Å². The molecular formula is C8H18N2O5. The average Bonchev–Trinajstić information content (AvgIpc) is 2.15. The normalized spacial score (nSPS) is 15.5. The Labute approximate surface area is 87.7 Å². The summed E-state index contributed by atoms with van der Waals surface area (Å²) in [5.74, 6) is -2.11. The van der Waals surface area contributed by atoms with E-state index in [1.54, 1.807) is 6.92 Å². The monoisotopic (exact) mass is 222 g/mol. The number of nitrogens with two attached hydrogens (primary N) is 2. The molecule has 0 heterocycles. The van der Waals surface area contributed by atoms with Gasteiger partial charge < -0.3 is 26.8 Å². The molecule has 7 N–H and O–H groups in total. The molecule has 0 saturated heterocycles. The summed E-state index contributed by atoms with van der Waals surface area (Å²) in [5, 5.41) is 24.6. The highest BCUT2D eigenvalue weighted by atomic mass is 16.4. The van der Waals surface area contributed by atoms with Gasteiger partial charge in [-0.3, -0.25) is 9.59 Å². The summed E-state index contributed by atoms with van der Waals surface area (Å²) >= 11 is 0. The Morgan fingerprint density at radius 3 is 1.60 bits per heavy atom. The van der Waals surface area contributed by atoms with Crippen LogP contribution in [0.5, 0.6) is 0 Å². The van der Waals surface area contributed by atoms with Gasteiger partial charge in [-0.1, -0.05) is 6.92 Å². The van der Waals surface area contributed by atoms with Crippen LogP contribution < -0.4 is 11.5 Å². The molecule has 7 nitrogen and oxygen atoms in total. The lowest BCUT2D eigenvalue weighted by atomic mass is 10.2. The number of hydrogen-bond donors (Lipinski definition) is 5. The first-order chi connectivity index (χ1) is 6.73. The first-order valence-corrected chi connectivity index (χ1v) is 4.38.